The van der Waals surface area contributed by atoms with Crippen LogP contribution >= 0.6 is 0 Å². The number of esters is 1. The predicted molar refractivity (Wildman–Crippen MR) is 140 cm³/mol. The van der Waals surface area contributed by atoms with Crippen LogP contribution in [0.3, 0.4) is 0 Å². The molecule has 1 unspecified atom stereocenters. The van der Waals surface area contributed by atoms with Crippen LogP contribution in [-0.4, -0.2) is 12.6 Å². The summed E-state index contributed by atoms with van der Waals surface area (Å²) < 4.78 is 11.5. The van der Waals surface area contributed by atoms with E-state index >= 15 is 0 Å². The first-order chi connectivity index (χ1) is 16.6. The minimum atomic E-state index is -0.327. The van der Waals surface area contributed by atoms with Crippen molar-refractivity contribution < 1.29 is 14.3 Å². The van der Waals surface area contributed by atoms with Crippen molar-refractivity contribution in [1.82, 2.24) is 0 Å². The highest BCUT2D eigenvalue weighted by atomic mass is 16.5. The second kappa shape index (κ2) is 13.7. The van der Waals surface area contributed by atoms with Crippen molar-refractivity contribution in [3.63, 3.8) is 0 Å². The fraction of sp³-hybridized carbons (Fsp3) is 0.387. The smallest absolute Gasteiger partial charge is 0.343 e. The Labute approximate surface area is 205 Å². The first kappa shape index (κ1) is 25.7. The molecule has 3 aromatic rings. The summed E-state index contributed by atoms with van der Waals surface area (Å²) in [4.78, 5) is 12.5. The topological polar surface area (TPSA) is 35.5 Å². The van der Waals surface area contributed by atoms with Gasteiger partial charge in [0.25, 0.3) is 0 Å². The lowest BCUT2D eigenvalue weighted by Gasteiger charge is -2.14. The minimum absolute atomic E-state index is 0.0949. The molecule has 3 rings (SSSR count). The molecule has 34 heavy (non-hydrogen) atoms. The molecule has 0 aliphatic rings. The van der Waals surface area contributed by atoms with Gasteiger partial charge in [-0.1, -0.05) is 88.1 Å². The van der Waals surface area contributed by atoms with Gasteiger partial charge in [-0.3, -0.25) is 0 Å². The highest BCUT2D eigenvalue weighted by molar-refractivity contribution is 5.91. The summed E-state index contributed by atoms with van der Waals surface area (Å²) in [7, 11) is 0. The molecule has 180 valence electrons. The van der Waals surface area contributed by atoms with Crippen molar-refractivity contribution in [2.45, 2.75) is 71.8 Å². The number of hydrogen-bond acceptors (Lipinski definition) is 3. The monoisotopic (exact) mass is 458 g/mol. The van der Waals surface area contributed by atoms with Crippen LogP contribution in [0.15, 0.2) is 72.8 Å². The SMILES string of the molecule is CCCCCCc1ccc(C(=O)Oc2ccc(-c3ccc(C(C)OCCCC)cc3)cc2)cc1. The number of carbonyl (C=O) groups is 1. The van der Waals surface area contributed by atoms with Gasteiger partial charge in [-0.2, -0.15) is 0 Å². The van der Waals surface area contributed by atoms with Crippen molar-refractivity contribution >= 4 is 5.97 Å². The lowest BCUT2D eigenvalue weighted by Crippen LogP contribution is -2.08. The van der Waals surface area contributed by atoms with Crippen LogP contribution in [0.2, 0.25) is 0 Å². The van der Waals surface area contributed by atoms with E-state index in [1.165, 1.54) is 36.8 Å². The van der Waals surface area contributed by atoms with E-state index in [2.05, 4.69) is 45.0 Å². The average molecular weight is 459 g/mol. The number of benzene rings is 3. The Morgan fingerprint density at radius 3 is 1.97 bits per heavy atom. The van der Waals surface area contributed by atoms with E-state index in [-0.39, 0.29) is 12.1 Å². The van der Waals surface area contributed by atoms with Crippen molar-refractivity contribution in [3.8, 4) is 16.9 Å². The number of hydrogen-bond donors (Lipinski definition) is 0. The Morgan fingerprint density at radius 2 is 1.35 bits per heavy atom. The second-order valence-corrected chi connectivity index (χ2v) is 8.91. The zero-order valence-corrected chi connectivity index (χ0v) is 20.9. The summed E-state index contributed by atoms with van der Waals surface area (Å²) in [6.07, 6.45) is 8.35. The molecule has 0 fully saturated rings. The van der Waals surface area contributed by atoms with Gasteiger partial charge in [0.1, 0.15) is 5.75 Å². The molecule has 0 heterocycles. The fourth-order valence-corrected chi connectivity index (χ4v) is 3.89. The summed E-state index contributed by atoms with van der Waals surface area (Å²) in [6.45, 7) is 7.28. The highest BCUT2D eigenvalue weighted by Crippen LogP contribution is 2.26. The molecule has 0 aliphatic carbocycles. The van der Waals surface area contributed by atoms with Gasteiger partial charge in [0.2, 0.25) is 0 Å². The Hall–Kier alpha value is -2.91. The van der Waals surface area contributed by atoms with E-state index in [0.29, 0.717) is 11.3 Å². The van der Waals surface area contributed by atoms with Crippen LogP contribution in [0.1, 0.15) is 86.9 Å². The second-order valence-electron chi connectivity index (χ2n) is 8.91. The maximum absolute atomic E-state index is 12.5. The molecule has 3 aromatic carbocycles. The van der Waals surface area contributed by atoms with Crippen molar-refractivity contribution in [3.05, 3.63) is 89.5 Å². The van der Waals surface area contributed by atoms with Crippen molar-refractivity contribution in [2.24, 2.45) is 0 Å². The third-order valence-electron chi connectivity index (χ3n) is 6.15. The summed E-state index contributed by atoms with van der Waals surface area (Å²) in [5.74, 6) is 0.221. The maximum Gasteiger partial charge on any atom is 0.343 e. The molecule has 0 aromatic heterocycles. The average Bonchev–Trinajstić information content (AvgIpc) is 2.87. The summed E-state index contributed by atoms with van der Waals surface area (Å²) in [6, 6.07) is 23.9. The first-order valence-electron chi connectivity index (χ1n) is 12.7. The number of ether oxygens (including phenoxy) is 2. The fourth-order valence-electron chi connectivity index (χ4n) is 3.89. The van der Waals surface area contributed by atoms with E-state index in [1.807, 2.05) is 48.5 Å². The van der Waals surface area contributed by atoms with Crippen LogP contribution in [0.25, 0.3) is 11.1 Å². The van der Waals surface area contributed by atoms with Gasteiger partial charge in [-0.15, -0.1) is 0 Å². The van der Waals surface area contributed by atoms with Crippen LogP contribution in [0.4, 0.5) is 0 Å². The van der Waals surface area contributed by atoms with Gasteiger partial charge in [-0.05, 0) is 72.7 Å². The molecule has 0 saturated heterocycles. The van der Waals surface area contributed by atoms with Gasteiger partial charge in [0.15, 0.2) is 0 Å². The van der Waals surface area contributed by atoms with Gasteiger partial charge in [-0.25, -0.2) is 4.79 Å². The Kier molecular flexibility index (Phi) is 10.4. The molecule has 0 aliphatic heterocycles. The molecule has 0 spiro atoms. The third-order valence-corrected chi connectivity index (χ3v) is 6.15. The third kappa shape index (κ3) is 7.85. The quantitative estimate of drug-likeness (QED) is 0.146. The van der Waals surface area contributed by atoms with Crippen LogP contribution < -0.4 is 4.74 Å². The maximum atomic E-state index is 12.5. The number of aryl methyl sites for hydroxylation is 1. The highest BCUT2D eigenvalue weighted by Gasteiger charge is 2.10. The van der Waals surface area contributed by atoms with E-state index < -0.39 is 0 Å². The molecule has 0 bridgehead atoms. The summed E-state index contributed by atoms with van der Waals surface area (Å²) in [5.41, 5.74) is 5.23. The zero-order valence-electron chi connectivity index (χ0n) is 20.9. The van der Waals surface area contributed by atoms with Crippen molar-refractivity contribution in [1.29, 1.82) is 0 Å². The van der Waals surface area contributed by atoms with Gasteiger partial charge in [0, 0.05) is 6.61 Å². The first-order valence-corrected chi connectivity index (χ1v) is 12.7. The van der Waals surface area contributed by atoms with Crippen LogP contribution in [0, 0.1) is 0 Å². The molecule has 3 nitrogen and oxygen atoms in total. The predicted octanol–water partition coefficient (Wildman–Crippen LogP) is 8.57. The number of carbonyl (C=O) groups excluding carboxylic acids is 1. The molecule has 0 saturated carbocycles. The van der Waals surface area contributed by atoms with Gasteiger partial charge < -0.3 is 9.47 Å². The number of unbranched alkanes of at least 4 members (excludes halogenated alkanes) is 4. The standard InChI is InChI=1S/C31H38O3/c1-4-6-8-9-10-25-11-13-29(14-12-25)31(32)34-30-21-19-28(20-22-30)27-17-15-26(16-18-27)24(3)33-23-7-5-2/h11-22,24H,4-10,23H2,1-3H3. The summed E-state index contributed by atoms with van der Waals surface area (Å²) in [5, 5.41) is 0. The van der Waals surface area contributed by atoms with Gasteiger partial charge >= 0.3 is 5.97 Å². The molecular weight excluding hydrogens is 420 g/mol. The van der Waals surface area contributed by atoms with E-state index in [1.54, 1.807) is 0 Å². The molecule has 0 N–H and O–H groups in total. The van der Waals surface area contributed by atoms with E-state index in [4.69, 9.17) is 9.47 Å². The summed E-state index contributed by atoms with van der Waals surface area (Å²) >= 11 is 0. The largest absolute Gasteiger partial charge is 0.423 e. The van der Waals surface area contributed by atoms with E-state index in [9.17, 15) is 4.79 Å². The minimum Gasteiger partial charge on any atom is -0.423 e. The normalized spacial score (nSPS) is 11.9. The van der Waals surface area contributed by atoms with Crippen LogP contribution in [0.5, 0.6) is 5.75 Å². The van der Waals surface area contributed by atoms with Crippen LogP contribution in [-0.2, 0) is 11.2 Å². The molecular formula is C31H38O3. The molecule has 0 amide bonds. The number of rotatable bonds is 13. The Bertz CT molecular complexity index is 988. The molecule has 0 radical (unpaired) electrons. The Balaban J connectivity index is 1.53. The lowest BCUT2D eigenvalue weighted by atomic mass is 10.0. The lowest BCUT2D eigenvalue weighted by molar-refractivity contribution is 0.0637. The zero-order chi connectivity index (χ0) is 24.2. The van der Waals surface area contributed by atoms with Gasteiger partial charge in [0.05, 0.1) is 11.7 Å². The van der Waals surface area contributed by atoms with E-state index in [0.717, 1.165) is 37.0 Å². The molecule has 1 atom stereocenters. The molecule has 3 heteroatoms. The Morgan fingerprint density at radius 1 is 0.735 bits per heavy atom. The van der Waals surface area contributed by atoms with Crippen molar-refractivity contribution in [2.75, 3.05) is 6.61 Å².